The summed E-state index contributed by atoms with van der Waals surface area (Å²) in [6.07, 6.45) is 6.58. The second-order valence-corrected chi connectivity index (χ2v) is 8.26. The van der Waals surface area contributed by atoms with Gasteiger partial charge < -0.3 is 20.3 Å². The summed E-state index contributed by atoms with van der Waals surface area (Å²) in [5.41, 5.74) is 2.42. The lowest BCUT2D eigenvalue weighted by atomic mass is 10.1. The van der Waals surface area contributed by atoms with Crippen LogP contribution in [0.4, 0.5) is 0 Å². The van der Waals surface area contributed by atoms with E-state index < -0.39 is 0 Å². The summed E-state index contributed by atoms with van der Waals surface area (Å²) in [6.45, 7) is 12.6. The molecule has 164 valence electrons. The molecule has 2 N–H and O–H groups in total. The SMILES string of the molecule is CCNC(=NCc1ccc(C)cc1OC1CCCC1)NCC1CCN(CC)C1.I. The molecule has 1 saturated carbocycles. The highest BCUT2D eigenvalue weighted by Crippen LogP contribution is 2.28. The molecule has 29 heavy (non-hydrogen) atoms. The van der Waals surface area contributed by atoms with Crippen molar-refractivity contribution < 1.29 is 4.74 Å². The lowest BCUT2D eigenvalue weighted by Gasteiger charge is -2.18. The van der Waals surface area contributed by atoms with Crippen LogP contribution in [0.2, 0.25) is 0 Å². The number of guanidine groups is 1. The first-order valence-electron chi connectivity index (χ1n) is 11.2. The van der Waals surface area contributed by atoms with Crippen molar-refractivity contribution in [1.29, 1.82) is 0 Å². The van der Waals surface area contributed by atoms with E-state index in [1.165, 1.54) is 56.3 Å². The van der Waals surface area contributed by atoms with E-state index in [-0.39, 0.29) is 24.0 Å². The predicted molar refractivity (Wildman–Crippen MR) is 133 cm³/mol. The van der Waals surface area contributed by atoms with Crippen LogP contribution in [0, 0.1) is 12.8 Å². The molecule has 1 aromatic rings. The van der Waals surface area contributed by atoms with Crippen molar-refractivity contribution in [1.82, 2.24) is 15.5 Å². The largest absolute Gasteiger partial charge is 0.490 e. The molecule has 2 fully saturated rings. The molecule has 1 aliphatic heterocycles. The molecule has 1 saturated heterocycles. The van der Waals surface area contributed by atoms with E-state index in [2.05, 4.69) is 54.5 Å². The fourth-order valence-corrected chi connectivity index (χ4v) is 4.20. The maximum Gasteiger partial charge on any atom is 0.191 e. The summed E-state index contributed by atoms with van der Waals surface area (Å²) in [5, 5.41) is 6.94. The summed E-state index contributed by atoms with van der Waals surface area (Å²) in [6, 6.07) is 6.49. The highest BCUT2D eigenvalue weighted by Gasteiger charge is 2.21. The van der Waals surface area contributed by atoms with Crippen molar-refractivity contribution in [3.05, 3.63) is 29.3 Å². The standard InChI is InChI=1S/C23H38N4O.HI/c1-4-24-23(25-15-19-12-13-27(5-2)17-19)26-16-20-11-10-18(3)14-22(20)28-21-8-6-7-9-21;/h10-11,14,19,21H,4-9,12-13,15-17H2,1-3H3,(H2,24,25,26);1H. The number of likely N-dealkylation sites (tertiary alicyclic amines) is 1. The number of aliphatic imine (C=N–C) groups is 1. The molecule has 0 amide bonds. The Morgan fingerprint density at radius 3 is 2.66 bits per heavy atom. The lowest BCUT2D eigenvalue weighted by molar-refractivity contribution is 0.208. The Labute approximate surface area is 194 Å². The first-order chi connectivity index (χ1) is 13.7. The van der Waals surface area contributed by atoms with Crippen LogP contribution in [0.3, 0.4) is 0 Å². The monoisotopic (exact) mass is 514 g/mol. The summed E-state index contributed by atoms with van der Waals surface area (Å²) in [5.74, 6) is 2.63. The third kappa shape index (κ3) is 7.63. The molecule has 2 aliphatic rings. The average molecular weight is 514 g/mol. The maximum absolute atomic E-state index is 6.33. The molecule has 0 radical (unpaired) electrons. The Morgan fingerprint density at radius 1 is 1.17 bits per heavy atom. The predicted octanol–water partition coefficient (Wildman–Crippen LogP) is 4.33. The summed E-state index contributed by atoms with van der Waals surface area (Å²) in [4.78, 5) is 7.37. The van der Waals surface area contributed by atoms with Crippen LogP contribution >= 0.6 is 24.0 Å². The van der Waals surface area contributed by atoms with Gasteiger partial charge >= 0.3 is 0 Å². The van der Waals surface area contributed by atoms with Crippen LogP contribution in [0.5, 0.6) is 5.75 Å². The van der Waals surface area contributed by atoms with Gasteiger partial charge in [-0.15, -0.1) is 24.0 Å². The molecule has 1 aromatic carbocycles. The number of rotatable bonds is 8. The zero-order chi connectivity index (χ0) is 19.8. The smallest absolute Gasteiger partial charge is 0.191 e. The normalized spacial score (nSPS) is 20.5. The van der Waals surface area contributed by atoms with Gasteiger partial charge in [0.15, 0.2) is 5.96 Å². The number of benzene rings is 1. The maximum atomic E-state index is 6.33. The van der Waals surface area contributed by atoms with Gasteiger partial charge in [0, 0.05) is 25.2 Å². The first kappa shape index (κ1) is 24.3. The molecule has 1 heterocycles. The zero-order valence-corrected chi connectivity index (χ0v) is 20.7. The lowest BCUT2D eigenvalue weighted by Crippen LogP contribution is -2.40. The number of nitrogens with one attached hydrogen (secondary N) is 2. The van der Waals surface area contributed by atoms with Gasteiger partial charge in [-0.2, -0.15) is 0 Å². The number of nitrogens with zero attached hydrogens (tertiary/aromatic N) is 2. The quantitative estimate of drug-likeness (QED) is 0.308. The van der Waals surface area contributed by atoms with Gasteiger partial charge in [-0.05, 0) is 76.6 Å². The minimum atomic E-state index is 0. The number of aryl methyl sites for hydroxylation is 1. The van der Waals surface area contributed by atoms with Crippen LogP contribution in [-0.2, 0) is 6.54 Å². The van der Waals surface area contributed by atoms with Gasteiger partial charge in [-0.25, -0.2) is 4.99 Å². The van der Waals surface area contributed by atoms with Crippen LogP contribution in [0.15, 0.2) is 23.2 Å². The van der Waals surface area contributed by atoms with E-state index in [1.807, 2.05) is 0 Å². The molecular formula is C23H39IN4O. The second-order valence-electron chi connectivity index (χ2n) is 8.26. The summed E-state index contributed by atoms with van der Waals surface area (Å²) < 4.78 is 6.33. The van der Waals surface area contributed by atoms with Crippen molar-refractivity contribution in [3.8, 4) is 5.75 Å². The Balaban J connectivity index is 0.00000300. The van der Waals surface area contributed by atoms with Crippen molar-refractivity contribution in [2.75, 3.05) is 32.7 Å². The van der Waals surface area contributed by atoms with E-state index in [1.54, 1.807) is 0 Å². The number of hydrogen-bond donors (Lipinski definition) is 2. The van der Waals surface area contributed by atoms with Crippen LogP contribution in [0.25, 0.3) is 0 Å². The Hall–Kier alpha value is -1.02. The number of ether oxygens (including phenoxy) is 1. The molecule has 3 rings (SSSR count). The minimum absolute atomic E-state index is 0. The van der Waals surface area contributed by atoms with Gasteiger partial charge in [0.25, 0.3) is 0 Å². The third-order valence-corrected chi connectivity index (χ3v) is 5.95. The fraction of sp³-hybridized carbons (Fsp3) is 0.696. The molecule has 1 atom stereocenters. The topological polar surface area (TPSA) is 48.9 Å². The van der Waals surface area contributed by atoms with Gasteiger partial charge in [-0.3, -0.25) is 0 Å². The molecule has 1 unspecified atom stereocenters. The van der Waals surface area contributed by atoms with Gasteiger partial charge in [0.2, 0.25) is 0 Å². The van der Waals surface area contributed by atoms with E-state index in [9.17, 15) is 0 Å². The Bertz CT molecular complexity index is 646. The Kier molecular flexibility index (Phi) is 10.6. The molecular weight excluding hydrogens is 475 g/mol. The minimum Gasteiger partial charge on any atom is -0.490 e. The van der Waals surface area contributed by atoms with Crippen molar-refractivity contribution in [3.63, 3.8) is 0 Å². The molecule has 0 spiro atoms. The Morgan fingerprint density at radius 2 is 1.97 bits per heavy atom. The fourth-order valence-electron chi connectivity index (χ4n) is 4.20. The van der Waals surface area contributed by atoms with Crippen LogP contribution in [-0.4, -0.2) is 49.7 Å². The van der Waals surface area contributed by atoms with Gasteiger partial charge in [0.05, 0.1) is 12.6 Å². The van der Waals surface area contributed by atoms with Gasteiger partial charge in [0.1, 0.15) is 5.75 Å². The van der Waals surface area contributed by atoms with E-state index in [0.29, 0.717) is 18.6 Å². The van der Waals surface area contributed by atoms with Crippen molar-refractivity contribution in [2.45, 2.75) is 65.5 Å². The number of hydrogen-bond acceptors (Lipinski definition) is 3. The number of halogens is 1. The molecule has 5 nitrogen and oxygen atoms in total. The third-order valence-electron chi connectivity index (χ3n) is 5.95. The molecule has 1 aliphatic carbocycles. The zero-order valence-electron chi connectivity index (χ0n) is 18.4. The molecule has 0 bridgehead atoms. The van der Waals surface area contributed by atoms with E-state index in [0.717, 1.165) is 31.3 Å². The van der Waals surface area contributed by atoms with Crippen molar-refractivity contribution in [2.24, 2.45) is 10.9 Å². The van der Waals surface area contributed by atoms with Crippen LogP contribution in [0.1, 0.15) is 57.1 Å². The second kappa shape index (κ2) is 12.6. The van der Waals surface area contributed by atoms with Gasteiger partial charge in [-0.1, -0.05) is 19.1 Å². The van der Waals surface area contributed by atoms with Crippen molar-refractivity contribution >= 4 is 29.9 Å². The highest BCUT2D eigenvalue weighted by atomic mass is 127. The summed E-state index contributed by atoms with van der Waals surface area (Å²) >= 11 is 0. The molecule has 0 aromatic heterocycles. The first-order valence-corrected chi connectivity index (χ1v) is 11.2. The van der Waals surface area contributed by atoms with E-state index in [4.69, 9.17) is 9.73 Å². The van der Waals surface area contributed by atoms with Crippen LogP contribution < -0.4 is 15.4 Å². The van der Waals surface area contributed by atoms with E-state index >= 15 is 0 Å². The molecule has 6 heteroatoms. The highest BCUT2D eigenvalue weighted by molar-refractivity contribution is 14.0. The summed E-state index contributed by atoms with van der Waals surface area (Å²) in [7, 11) is 0. The average Bonchev–Trinajstić information content (AvgIpc) is 3.37.